The number of H-pyrrole nitrogens is 1. The zero-order chi connectivity index (χ0) is 20.8. The largest absolute Gasteiger partial charge is 0.497 e. The van der Waals surface area contributed by atoms with Crippen LogP contribution in [0.1, 0.15) is 17.2 Å². The molecule has 3 N–H and O–H groups in total. The topological polar surface area (TPSA) is 66.2 Å². The summed E-state index contributed by atoms with van der Waals surface area (Å²) in [5.41, 5.74) is 4.00. The van der Waals surface area contributed by atoms with Gasteiger partial charge in [0, 0.05) is 35.4 Å². The minimum absolute atomic E-state index is 0.103. The second-order valence-electron chi connectivity index (χ2n) is 7.13. The Balaban J connectivity index is 1.47. The number of amides is 1. The molecular weight excluding hydrogens is 374 g/mol. The lowest BCUT2D eigenvalue weighted by Crippen LogP contribution is -2.34. The summed E-state index contributed by atoms with van der Waals surface area (Å²) < 4.78 is 5.25. The van der Waals surface area contributed by atoms with Crippen LogP contribution in [-0.2, 0) is 11.2 Å². The molecule has 3 aromatic carbocycles. The number of nitrogens with one attached hydrogen (secondary N) is 3. The van der Waals surface area contributed by atoms with Gasteiger partial charge in [-0.3, -0.25) is 4.79 Å². The molecule has 0 saturated carbocycles. The van der Waals surface area contributed by atoms with E-state index in [2.05, 4.69) is 27.8 Å². The van der Waals surface area contributed by atoms with Gasteiger partial charge in [0.2, 0.25) is 5.91 Å². The Labute approximate surface area is 176 Å². The second kappa shape index (κ2) is 9.29. The Morgan fingerprint density at radius 1 is 1.00 bits per heavy atom. The first-order valence-corrected chi connectivity index (χ1v) is 10.0. The molecule has 1 atom stereocenters. The minimum Gasteiger partial charge on any atom is -0.497 e. The molecule has 0 bridgehead atoms. The average Bonchev–Trinajstić information content (AvgIpc) is 3.20. The minimum atomic E-state index is -0.456. The monoisotopic (exact) mass is 399 g/mol. The number of benzene rings is 3. The Kier molecular flexibility index (Phi) is 6.11. The number of aromatic nitrogens is 1. The molecule has 4 rings (SSSR count). The number of hydrogen-bond donors (Lipinski definition) is 3. The van der Waals surface area contributed by atoms with Crippen molar-refractivity contribution in [2.75, 3.05) is 19.0 Å². The van der Waals surface area contributed by atoms with E-state index in [4.69, 9.17) is 4.74 Å². The maximum absolute atomic E-state index is 13.1. The van der Waals surface area contributed by atoms with Gasteiger partial charge in [0.1, 0.15) is 11.8 Å². The molecule has 1 amide bonds. The Morgan fingerprint density at radius 3 is 2.63 bits per heavy atom. The summed E-state index contributed by atoms with van der Waals surface area (Å²) in [5.74, 6) is 0.602. The lowest BCUT2D eigenvalue weighted by molar-refractivity contribution is -0.118. The highest BCUT2D eigenvalue weighted by atomic mass is 16.5. The van der Waals surface area contributed by atoms with Gasteiger partial charge in [-0.2, -0.15) is 0 Å². The van der Waals surface area contributed by atoms with E-state index in [0.29, 0.717) is 18.0 Å². The zero-order valence-corrected chi connectivity index (χ0v) is 16.9. The highest BCUT2D eigenvalue weighted by Crippen LogP contribution is 2.21. The summed E-state index contributed by atoms with van der Waals surface area (Å²) in [4.78, 5) is 16.4. The van der Waals surface area contributed by atoms with Crippen molar-refractivity contribution in [1.29, 1.82) is 0 Å². The van der Waals surface area contributed by atoms with Crippen LogP contribution in [0, 0.1) is 0 Å². The third kappa shape index (κ3) is 4.53. The van der Waals surface area contributed by atoms with Crippen LogP contribution < -0.4 is 15.4 Å². The predicted molar refractivity (Wildman–Crippen MR) is 121 cm³/mol. The number of hydrogen-bond acceptors (Lipinski definition) is 3. The van der Waals surface area contributed by atoms with Crippen molar-refractivity contribution < 1.29 is 9.53 Å². The van der Waals surface area contributed by atoms with E-state index in [1.54, 1.807) is 7.11 Å². The van der Waals surface area contributed by atoms with E-state index >= 15 is 0 Å². The lowest BCUT2D eigenvalue weighted by Gasteiger charge is -2.19. The number of para-hydroxylation sites is 1. The molecule has 0 unspecified atom stereocenters. The van der Waals surface area contributed by atoms with Crippen molar-refractivity contribution in [3.8, 4) is 5.75 Å². The van der Waals surface area contributed by atoms with E-state index in [1.165, 1.54) is 10.9 Å². The van der Waals surface area contributed by atoms with Gasteiger partial charge in [0.15, 0.2) is 0 Å². The fourth-order valence-corrected chi connectivity index (χ4v) is 3.61. The van der Waals surface area contributed by atoms with Crippen LogP contribution in [0.5, 0.6) is 5.75 Å². The quantitative estimate of drug-likeness (QED) is 0.403. The number of fused-ring (bicyclic) bond motifs is 1. The molecule has 1 heterocycles. The van der Waals surface area contributed by atoms with Crippen LogP contribution in [0.25, 0.3) is 10.9 Å². The van der Waals surface area contributed by atoms with Crippen LogP contribution in [-0.4, -0.2) is 24.5 Å². The van der Waals surface area contributed by atoms with Crippen LogP contribution in [0.15, 0.2) is 85.1 Å². The molecular formula is C25H25N3O2. The van der Waals surface area contributed by atoms with Crippen LogP contribution in [0.4, 0.5) is 5.69 Å². The highest BCUT2D eigenvalue weighted by molar-refractivity contribution is 5.95. The van der Waals surface area contributed by atoms with Crippen molar-refractivity contribution in [3.05, 3.63) is 96.2 Å². The number of carbonyl (C=O) groups is 1. The normalized spacial score (nSPS) is 11.9. The molecule has 152 valence electrons. The van der Waals surface area contributed by atoms with Gasteiger partial charge in [-0.25, -0.2) is 0 Å². The predicted octanol–water partition coefficient (Wildman–Crippen LogP) is 4.69. The molecule has 1 aromatic heterocycles. The Morgan fingerprint density at radius 2 is 1.80 bits per heavy atom. The average molecular weight is 399 g/mol. The van der Waals surface area contributed by atoms with Gasteiger partial charge in [0.05, 0.1) is 7.11 Å². The van der Waals surface area contributed by atoms with Crippen LogP contribution >= 0.6 is 0 Å². The van der Waals surface area contributed by atoms with Crippen molar-refractivity contribution in [1.82, 2.24) is 10.3 Å². The molecule has 0 aliphatic heterocycles. The number of methoxy groups -OCH3 is 1. The SMILES string of the molecule is COc1cccc(NC(=O)[C@H](NCCc2c[nH]c3ccccc23)c2ccccc2)c1. The first-order valence-electron chi connectivity index (χ1n) is 10.0. The maximum Gasteiger partial charge on any atom is 0.246 e. The first kappa shape index (κ1) is 19.7. The molecule has 0 saturated heterocycles. The maximum atomic E-state index is 13.1. The summed E-state index contributed by atoms with van der Waals surface area (Å²) in [6.45, 7) is 0.674. The van der Waals surface area contributed by atoms with Crippen molar-refractivity contribution >= 4 is 22.5 Å². The second-order valence-corrected chi connectivity index (χ2v) is 7.13. The number of ether oxygens (including phenoxy) is 1. The molecule has 0 aliphatic rings. The molecule has 4 aromatic rings. The summed E-state index contributed by atoms with van der Waals surface area (Å²) in [6, 6.07) is 25.0. The fourth-order valence-electron chi connectivity index (χ4n) is 3.61. The first-order chi connectivity index (χ1) is 14.7. The van der Waals surface area contributed by atoms with Gasteiger partial charge in [0.25, 0.3) is 0 Å². The summed E-state index contributed by atoms with van der Waals surface area (Å²) in [5, 5.41) is 7.65. The van der Waals surface area contributed by atoms with Gasteiger partial charge in [-0.15, -0.1) is 0 Å². The number of anilines is 1. The van der Waals surface area contributed by atoms with Gasteiger partial charge in [-0.05, 0) is 35.7 Å². The highest BCUT2D eigenvalue weighted by Gasteiger charge is 2.20. The van der Waals surface area contributed by atoms with Gasteiger partial charge < -0.3 is 20.4 Å². The standard InChI is InChI=1S/C25H25N3O2/c1-30-21-11-7-10-20(16-21)28-25(29)24(18-8-3-2-4-9-18)26-15-14-19-17-27-23-13-6-5-12-22(19)23/h2-13,16-17,24,26-27H,14-15H2,1H3,(H,28,29)/t24-/m1/s1. The van der Waals surface area contributed by atoms with Gasteiger partial charge >= 0.3 is 0 Å². The number of carbonyl (C=O) groups excluding carboxylic acids is 1. The smallest absolute Gasteiger partial charge is 0.246 e. The van der Waals surface area contributed by atoms with Crippen LogP contribution in [0.3, 0.4) is 0 Å². The van der Waals surface area contributed by atoms with E-state index in [0.717, 1.165) is 17.5 Å². The molecule has 0 aliphatic carbocycles. The van der Waals surface area contributed by atoms with Crippen LogP contribution in [0.2, 0.25) is 0 Å². The van der Waals surface area contributed by atoms with E-state index in [1.807, 2.05) is 72.9 Å². The molecule has 5 nitrogen and oxygen atoms in total. The summed E-state index contributed by atoms with van der Waals surface area (Å²) in [7, 11) is 1.61. The Hall–Kier alpha value is -3.57. The summed E-state index contributed by atoms with van der Waals surface area (Å²) >= 11 is 0. The molecule has 0 fully saturated rings. The zero-order valence-electron chi connectivity index (χ0n) is 16.9. The van der Waals surface area contributed by atoms with Gasteiger partial charge in [-0.1, -0.05) is 54.6 Å². The number of aromatic amines is 1. The van der Waals surface area contributed by atoms with Crippen molar-refractivity contribution in [3.63, 3.8) is 0 Å². The molecule has 0 spiro atoms. The van der Waals surface area contributed by atoms with Crippen molar-refractivity contribution in [2.24, 2.45) is 0 Å². The molecule has 5 heteroatoms. The third-order valence-corrected chi connectivity index (χ3v) is 5.15. The lowest BCUT2D eigenvalue weighted by atomic mass is 10.0. The molecule has 30 heavy (non-hydrogen) atoms. The van der Waals surface area contributed by atoms with E-state index in [-0.39, 0.29) is 5.91 Å². The molecule has 0 radical (unpaired) electrons. The van der Waals surface area contributed by atoms with E-state index in [9.17, 15) is 4.79 Å². The third-order valence-electron chi connectivity index (χ3n) is 5.15. The fraction of sp³-hybridized carbons (Fsp3) is 0.160. The Bertz CT molecular complexity index is 1120. The summed E-state index contributed by atoms with van der Waals surface area (Å²) in [6.07, 6.45) is 2.86. The van der Waals surface area contributed by atoms with E-state index < -0.39 is 6.04 Å². The van der Waals surface area contributed by atoms with Crippen molar-refractivity contribution in [2.45, 2.75) is 12.5 Å². The number of rotatable bonds is 8.